The second kappa shape index (κ2) is 8.94. The van der Waals surface area contributed by atoms with Gasteiger partial charge >= 0.3 is 0 Å². The van der Waals surface area contributed by atoms with Crippen molar-refractivity contribution < 1.29 is 14.4 Å². The lowest BCUT2D eigenvalue weighted by atomic mass is 9.92. The first-order valence-corrected chi connectivity index (χ1v) is 11.0. The number of amides is 2. The molecule has 2 atom stereocenters. The number of piperidine rings is 1. The molecule has 0 aliphatic carbocycles. The van der Waals surface area contributed by atoms with Crippen molar-refractivity contribution in [3.8, 4) is 0 Å². The Bertz CT molecular complexity index is 1110. The minimum Gasteiger partial charge on any atom is -0.339 e. The van der Waals surface area contributed by atoms with Gasteiger partial charge in [0.1, 0.15) is 5.82 Å². The summed E-state index contributed by atoms with van der Waals surface area (Å²) < 4.78 is 0. The van der Waals surface area contributed by atoms with Crippen LogP contribution in [0.4, 0.5) is 17.5 Å². The van der Waals surface area contributed by atoms with Gasteiger partial charge in [0.2, 0.25) is 17.8 Å². The average molecular weight is 438 g/mol. The number of rotatable bonds is 5. The van der Waals surface area contributed by atoms with Gasteiger partial charge in [-0.15, -0.1) is 0 Å². The van der Waals surface area contributed by atoms with Crippen molar-refractivity contribution in [2.75, 3.05) is 22.1 Å². The van der Waals surface area contributed by atoms with Crippen molar-refractivity contribution in [2.45, 2.75) is 57.9 Å². The smallest absolute Gasteiger partial charge is 0.258 e. The van der Waals surface area contributed by atoms with Crippen LogP contribution in [-0.2, 0) is 9.59 Å². The Labute approximate surface area is 185 Å². The highest BCUT2D eigenvalue weighted by Crippen LogP contribution is 2.31. The van der Waals surface area contributed by atoms with Gasteiger partial charge in [0, 0.05) is 30.3 Å². The fourth-order valence-electron chi connectivity index (χ4n) is 4.44. The lowest BCUT2D eigenvalue weighted by Crippen LogP contribution is -2.43. The van der Waals surface area contributed by atoms with E-state index in [2.05, 4.69) is 32.4 Å². The Morgan fingerprint density at radius 2 is 1.94 bits per heavy atom. The summed E-state index contributed by atoms with van der Waals surface area (Å²) in [5, 5.41) is 5.41. The summed E-state index contributed by atoms with van der Waals surface area (Å²) >= 11 is 0. The second-order valence-corrected chi connectivity index (χ2v) is 8.33. The van der Waals surface area contributed by atoms with E-state index in [4.69, 9.17) is 0 Å². The summed E-state index contributed by atoms with van der Waals surface area (Å²) in [6, 6.07) is 6.74. The van der Waals surface area contributed by atoms with E-state index in [9.17, 15) is 19.2 Å². The van der Waals surface area contributed by atoms with Crippen molar-refractivity contribution in [1.82, 2.24) is 9.97 Å². The van der Waals surface area contributed by atoms with Gasteiger partial charge in [0.05, 0.1) is 11.5 Å². The van der Waals surface area contributed by atoms with Gasteiger partial charge in [-0.2, -0.15) is 4.98 Å². The van der Waals surface area contributed by atoms with E-state index in [0.29, 0.717) is 17.2 Å². The Hall–Kier alpha value is -3.49. The van der Waals surface area contributed by atoms with E-state index in [1.807, 2.05) is 0 Å². The zero-order valence-electron chi connectivity index (χ0n) is 18.2. The third-order valence-corrected chi connectivity index (χ3v) is 6.18. The first-order valence-electron chi connectivity index (χ1n) is 11.0. The minimum atomic E-state index is -0.958. The van der Waals surface area contributed by atoms with Crippen LogP contribution in [0.1, 0.15) is 67.8 Å². The predicted octanol–water partition coefficient (Wildman–Crippen LogP) is 2.81. The Morgan fingerprint density at radius 1 is 1.19 bits per heavy atom. The first kappa shape index (κ1) is 21.7. The number of anilines is 3. The number of aromatic nitrogens is 2. The molecule has 168 valence electrons. The summed E-state index contributed by atoms with van der Waals surface area (Å²) in [7, 11) is 0. The highest BCUT2D eigenvalue weighted by molar-refractivity contribution is 6.04. The molecule has 0 saturated carbocycles. The largest absolute Gasteiger partial charge is 0.339 e. The van der Waals surface area contributed by atoms with Crippen molar-refractivity contribution in [1.29, 1.82) is 0 Å². The molecular formula is C23H27N5O4. The number of fused-ring (bicyclic) bond motifs is 1. The summed E-state index contributed by atoms with van der Waals surface area (Å²) in [5.74, 6) is -1.29. The van der Waals surface area contributed by atoms with Crippen LogP contribution in [0.25, 0.3) is 0 Å². The highest BCUT2D eigenvalue weighted by Gasteiger charge is 2.35. The number of carbonyl (C=O) groups is 3. The molecule has 2 amide bonds. The standard InChI is InChI=1S/C23H27N5O4/c1-3-16-6-4-5-11-28(16)23-26-20-19(22(32)27-23)17(12-18(30)25-20)21(31)24-15-9-7-14(8-10-15)13(2)29/h7-10,16-17H,3-6,11-12H2,1-2H3,(H,24,31)(H2,25,26,27,30,32)/t16-,17+/m0/s1. The van der Waals surface area contributed by atoms with Crippen LogP contribution in [0.3, 0.4) is 0 Å². The number of ketones is 1. The molecule has 1 aromatic heterocycles. The zero-order valence-corrected chi connectivity index (χ0v) is 18.2. The van der Waals surface area contributed by atoms with Gasteiger partial charge in [0.25, 0.3) is 5.56 Å². The lowest BCUT2D eigenvalue weighted by molar-refractivity contribution is -0.123. The van der Waals surface area contributed by atoms with Crippen molar-refractivity contribution in [3.05, 3.63) is 45.7 Å². The number of carbonyl (C=O) groups excluding carboxylic acids is 3. The van der Waals surface area contributed by atoms with Crippen LogP contribution in [0.15, 0.2) is 29.1 Å². The maximum absolute atomic E-state index is 13.0. The van der Waals surface area contributed by atoms with Crippen LogP contribution < -0.4 is 21.1 Å². The molecule has 1 fully saturated rings. The van der Waals surface area contributed by atoms with E-state index in [0.717, 1.165) is 32.2 Å². The van der Waals surface area contributed by atoms with Gasteiger partial charge in [-0.3, -0.25) is 24.2 Å². The molecule has 9 heteroatoms. The molecular weight excluding hydrogens is 410 g/mol. The van der Waals surface area contributed by atoms with Gasteiger partial charge < -0.3 is 15.5 Å². The van der Waals surface area contributed by atoms with Gasteiger partial charge in [0.15, 0.2) is 5.78 Å². The van der Waals surface area contributed by atoms with Gasteiger partial charge in [-0.05, 0) is 56.9 Å². The van der Waals surface area contributed by atoms with Crippen LogP contribution in [-0.4, -0.2) is 40.2 Å². The quantitative estimate of drug-likeness (QED) is 0.618. The number of nitrogens with zero attached hydrogens (tertiary/aromatic N) is 2. The number of Topliss-reactive ketones (excluding diaryl/α,β-unsaturated/α-hetero) is 1. The minimum absolute atomic E-state index is 0.0758. The molecule has 4 rings (SSSR count). The molecule has 3 heterocycles. The first-order chi connectivity index (χ1) is 15.4. The summed E-state index contributed by atoms with van der Waals surface area (Å²) in [5.41, 5.74) is 0.753. The number of nitrogens with one attached hydrogen (secondary N) is 3. The predicted molar refractivity (Wildman–Crippen MR) is 121 cm³/mol. The number of benzene rings is 1. The summed E-state index contributed by atoms with van der Waals surface area (Å²) in [6.07, 6.45) is 3.96. The van der Waals surface area contributed by atoms with Gasteiger partial charge in [-0.25, -0.2) is 0 Å². The molecule has 2 aliphatic heterocycles. The lowest BCUT2D eigenvalue weighted by Gasteiger charge is -2.36. The average Bonchev–Trinajstić information content (AvgIpc) is 2.78. The van der Waals surface area contributed by atoms with Crippen LogP contribution in [0, 0.1) is 0 Å². The Balaban J connectivity index is 1.62. The summed E-state index contributed by atoms with van der Waals surface area (Å²) in [6.45, 7) is 4.35. The molecule has 2 aliphatic rings. The number of hydrogen-bond acceptors (Lipinski definition) is 6. The summed E-state index contributed by atoms with van der Waals surface area (Å²) in [4.78, 5) is 59.2. The number of aromatic amines is 1. The fraction of sp³-hybridized carbons (Fsp3) is 0.435. The molecule has 0 unspecified atom stereocenters. The van der Waals surface area contributed by atoms with Gasteiger partial charge in [-0.1, -0.05) is 6.92 Å². The molecule has 1 saturated heterocycles. The highest BCUT2D eigenvalue weighted by atomic mass is 16.2. The molecule has 0 spiro atoms. The Morgan fingerprint density at radius 3 is 2.62 bits per heavy atom. The number of H-pyrrole nitrogens is 1. The molecule has 9 nitrogen and oxygen atoms in total. The number of hydrogen-bond donors (Lipinski definition) is 3. The topological polar surface area (TPSA) is 124 Å². The van der Waals surface area contributed by atoms with Crippen molar-refractivity contribution in [3.63, 3.8) is 0 Å². The van der Waals surface area contributed by atoms with E-state index in [1.54, 1.807) is 24.3 Å². The van der Waals surface area contributed by atoms with Crippen LogP contribution in [0.5, 0.6) is 0 Å². The second-order valence-electron chi connectivity index (χ2n) is 8.33. The molecule has 1 aromatic carbocycles. The molecule has 0 radical (unpaired) electrons. The van der Waals surface area contributed by atoms with Crippen LogP contribution in [0.2, 0.25) is 0 Å². The Kier molecular flexibility index (Phi) is 6.07. The molecule has 2 aromatic rings. The van der Waals surface area contributed by atoms with Crippen molar-refractivity contribution in [2.24, 2.45) is 0 Å². The molecule has 32 heavy (non-hydrogen) atoms. The SMILES string of the molecule is CC[C@H]1CCCCN1c1nc2c(c(=O)[nH]1)[C@H](C(=O)Nc1ccc(C(C)=O)cc1)CC(=O)N2. The maximum atomic E-state index is 13.0. The molecule has 3 N–H and O–H groups in total. The monoisotopic (exact) mass is 437 g/mol. The maximum Gasteiger partial charge on any atom is 0.258 e. The molecule has 0 bridgehead atoms. The van der Waals surface area contributed by atoms with E-state index in [-0.39, 0.29) is 35.5 Å². The van der Waals surface area contributed by atoms with E-state index in [1.165, 1.54) is 6.92 Å². The fourth-order valence-corrected chi connectivity index (χ4v) is 4.44. The zero-order chi connectivity index (χ0) is 22.8. The van der Waals surface area contributed by atoms with E-state index < -0.39 is 17.4 Å². The third-order valence-electron chi connectivity index (χ3n) is 6.18. The normalized spacial score (nSPS) is 20.3. The third kappa shape index (κ3) is 4.28. The van der Waals surface area contributed by atoms with E-state index >= 15 is 0 Å². The van der Waals surface area contributed by atoms with Crippen LogP contribution >= 0.6 is 0 Å². The van der Waals surface area contributed by atoms with Crippen molar-refractivity contribution >= 4 is 35.1 Å².